The molecule has 6 atom stereocenters. The smallest absolute Gasteiger partial charge is 0.308 e. The molecule has 0 fully saturated rings. The minimum atomic E-state index is -0.817. The maximum atomic E-state index is 13.8. The lowest BCUT2D eigenvalue weighted by molar-refractivity contribution is -0.149. The van der Waals surface area contributed by atoms with Crippen molar-refractivity contribution in [3.05, 3.63) is 52.0 Å². The van der Waals surface area contributed by atoms with Gasteiger partial charge in [-0.25, -0.2) is 4.98 Å². The zero-order valence-electron chi connectivity index (χ0n) is 32.5. The summed E-state index contributed by atoms with van der Waals surface area (Å²) in [6.45, 7) is 13.7. The second-order valence-electron chi connectivity index (χ2n) is 13.9. The van der Waals surface area contributed by atoms with E-state index in [1.54, 1.807) is 31.2 Å². The minimum absolute atomic E-state index is 0.0332. The Labute approximate surface area is 314 Å². The Morgan fingerprint density at radius 1 is 0.942 bits per heavy atom. The molecular weight excluding hydrogens is 683 g/mol. The van der Waals surface area contributed by atoms with Gasteiger partial charge in [-0.2, -0.15) is 0 Å². The van der Waals surface area contributed by atoms with Gasteiger partial charge < -0.3 is 30.3 Å². The Hall–Kier alpha value is -3.84. The number of hydrogen-bond acceptors (Lipinski definition) is 10. The summed E-state index contributed by atoms with van der Waals surface area (Å²) >= 11 is 1.20. The first-order valence-electron chi connectivity index (χ1n) is 18.6. The normalized spacial score (nSPS) is 14.7. The standard InChI is InChI=1S/C39H61N5O7S/c1-10-31(42-35(46)26(5)17-15-16-20-40-8)38(48)44(9)33(25(3)4)23-34(51-28(7)45)37-43-32(24-52-37)36(47)41-30(21-27(6)39(49)50-11-2)22-29-18-13-12-14-19-29/h12-14,18-19,24-27,30-31,33-34,40H,10-11,15-17,20-23H2,1-9H3,(H,41,47)(H,42,46)/t26-,27+,30-,31+,33-,34-/m1/s1. The monoisotopic (exact) mass is 743 g/mol. The summed E-state index contributed by atoms with van der Waals surface area (Å²) < 4.78 is 11.0. The van der Waals surface area contributed by atoms with Gasteiger partial charge in [0.25, 0.3) is 5.91 Å². The third-order valence-corrected chi connectivity index (χ3v) is 10.1. The highest BCUT2D eigenvalue weighted by molar-refractivity contribution is 7.09. The molecule has 0 bridgehead atoms. The predicted molar refractivity (Wildman–Crippen MR) is 204 cm³/mol. The second kappa shape index (κ2) is 23.0. The average Bonchev–Trinajstić information content (AvgIpc) is 3.61. The van der Waals surface area contributed by atoms with Crippen LogP contribution in [0.15, 0.2) is 35.7 Å². The van der Waals surface area contributed by atoms with E-state index in [0.29, 0.717) is 24.3 Å². The highest BCUT2D eigenvalue weighted by atomic mass is 32.1. The van der Waals surface area contributed by atoms with E-state index < -0.39 is 29.9 Å². The fourth-order valence-corrected chi connectivity index (χ4v) is 6.98. The van der Waals surface area contributed by atoms with Crippen molar-refractivity contribution in [3.8, 4) is 0 Å². The SMILES string of the molecule is CCOC(=O)[C@@H](C)C[C@H](Cc1ccccc1)NC(=O)c1csc([C@@H](C[C@H](C(C)C)N(C)C(=O)[C@H](CC)NC(=O)[C@H](C)CCCCNC)OC(C)=O)n1. The van der Waals surface area contributed by atoms with Crippen molar-refractivity contribution >= 4 is 41.0 Å². The Morgan fingerprint density at radius 3 is 2.23 bits per heavy atom. The van der Waals surface area contributed by atoms with Crippen molar-refractivity contribution in [2.75, 3.05) is 27.2 Å². The highest BCUT2D eigenvalue weighted by Gasteiger charge is 2.34. The predicted octanol–water partition coefficient (Wildman–Crippen LogP) is 5.47. The number of likely N-dealkylation sites (N-methyl/N-ethyl adjacent to an activating group) is 1. The lowest BCUT2D eigenvalue weighted by atomic mass is 9.95. The molecule has 0 aliphatic carbocycles. The molecule has 290 valence electrons. The van der Waals surface area contributed by atoms with Crippen molar-refractivity contribution in [3.63, 3.8) is 0 Å². The zero-order valence-corrected chi connectivity index (χ0v) is 33.3. The first kappa shape index (κ1) is 44.3. The molecule has 2 aromatic rings. The van der Waals surface area contributed by atoms with E-state index in [-0.39, 0.29) is 60.4 Å². The summed E-state index contributed by atoms with van der Waals surface area (Å²) in [5.74, 6) is -2.30. The van der Waals surface area contributed by atoms with Gasteiger partial charge in [-0.15, -0.1) is 11.3 Å². The molecule has 0 saturated carbocycles. The van der Waals surface area contributed by atoms with Gasteiger partial charge in [-0.05, 0) is 64.1 Å². The van der Waals surface area contributed by atoms with Crippen molar-refractivity contribution < 1.29 is 33.4 Å². The zero-order chi connectivity index (χ0) is 38.8. The second-order valence-corrected chi connectivity index (χ2v) is 14.8. The van der Waals surface area contributed by atoms with Crippen LogP contribution < -0.4 is 16.0 Å². The van der Waals surface area contributed by atoms with Gasteiger partial charge in [0.15, 0.2) is 6.10 Å². The molecule has 0 aliphatic heterocycles. The molecule has 3 N–H and O–H groups in total. The van der Waals surface area contributed by atoms with Crippen LogP contribution in [-0.4, -0.2) is 84.9 Å². The molecule has 1 aromatic heterocycles. The molecule has 0 spiro atoms. The van der Waals surface area contributed by atoms with Gasteiger partial charge in [0.05, 0.1) is 12.5 Å². The molecule has 3 amide bonds. The van der Waals surface area contributed by atoms with E-state index in [9.17, 15) is 24.0 Å². The summed E-state index contributed by atoms with van der Waals surface area (Å²) in [4.78, 5) is 71.3. The number of thiazole rings is 1. The number of hydrogen-bond donors (Lipinski definition) is 3. The van der Waals surface area contributed by atoms with E-state index >= 15 is 0 Å². The fraction of sp³-hybridized carbons (Fsp3) is 0.641. The first-order valence-corrected chi connectivity index (χ1v) is 19.5. The van der Waals surface area contributed by atoms with E-state index in [4.69, 9.17) is 9.47 Å². The number of unbranched alkanes of at least 4 members (excludes halogenated alkanes) is 1. The molecule has 0 saturated heterocycles. The van der Waals surface area contributed by atoms with Crippen LogP contribution in [-0.2, 0) is 35.1 Å². The summed E-state index contributed by atoms with van der Waals surface area (Å²) in [5.41, 5.74) is 1.18. The van der Waals surface area contributed by atoms with Crippen LogP contribution in [0.3, 0.4) is 0 Å². The number of ether oxygens (including phenoxy) is 2. The highest BCUT2D eigenvalue weighted by Crippen LogP contribution is 2.31. The van der Waals surface area contributed by atoms with Crippen molar-refractivity contribution in [1.82, 2.24) is 25.8 Å². The van der Waals surface area contributed by atoms with Gasteiger partial charge in [0.1, 0.15) is 16.7 Å². The van der Waals surface area contributed by atoms with Crippen LogP contribution in [0.5, 0.6) is 0 Å². The van der Waals surface area contributed by atoms with E-state index in [1.165, 1.54) is 18.3 Å². The number of nitrogens with one attached hydrogen (secondary N) is 3. The average molecular weight is 744 g/mol. The maximum Gasteiger partial charge on any atom is 0.308 e. The molecule has 13 heteroatoms. The minimum Gasteiger partial charge on any atom is -0.466 e. The van der Waals surface area contributed by atoms with Crippen LogP contribution in [0.4, 0.5) is 0 Å². The van der Waals surface area contributed by atoms with Crippen molar-refractivity contribution in [1.29, 1.82) is 0 Å². The quantitative estimate of drug-likeness (QED) is 0.0993. The van der Waals surface area contributed by atoms with E-state index in [0.717, 1.165) is 31.4 Å². The Bertz CT molecular complexity index is 1420. The first-order chi connectivity index (χ1) is 24.7. The van der Waals surface area contributed by atoms with Crippen LogP contribution in [0.25, 0.3) is 0 Å². The topological polar surface area (TPSA) is 156 Å². The molecule has 0 radical (unpaired) electrons. The molecule has 2 rings (SSSR count). The molecule has 0 aliphatic rings. The number of rotatable bonds is 23. The van der Waals surface area contributed by atoms with Crippen LogP contribution in [0.2, 0.25) is 0 Å². The molecule has 12 nitrogen and oxygen atoms in total. The van der Waals surface area contributed by atoms with Crippen LogP contribution in [0.1, 0.15) is 114 Å². The molecular formula is C39H61N5O7S. The number of aromatic nitrogens is 1. The third-order valence-electron chi connectivity index (χ3n) is 9.18. The summed E-state index contributed by atoms with van der Waals surface area (Å²) in [6, 6.07) is 8.26. The number of amides is 3. The fourth-order valence-electron chi connectivity index (χ4n) is 6.14. The molecule has 1 heterocycles. The Balaban J connectivity index is 2.23. The number of carbonyl (C=O) groups excluding carboxylic acids is 5. The number of nitrogens with zero attached hydrogens (tertiary/aromatic N) is 2. The lowest BCUT2D eigenvalue weighted by Crippen LogP contribution is -2.52. The molecule has 0 unspecified atom stereocenters. The van der Waals surface area contributed by atoms with Gasteiger partial charge in [-0.3, -0.25) is 24.0 Å². The van der Waals surface area contributed by atoms with Crippen LogP contribution >= 0.6 is 11.3 Å². The van der Waals surface area contributed by atoms with Gasteiger partial charge in [0, 0.05) is 43.8 Å². The molecule has 52 heavy (non-hydrogen) atoms. The maximum absolute atomic E-state index is 13.8. The Kier molecular flexibility index (Phi) is 19.6. The number of esters is 2. The summed E-state index contributed by atoms with van der Waals surface area (Å²) in [5, 5.41) is 11.2. The van der Waals surface area contributed by atoms with Crippen LogP contribution in [0, 0.1) is 17.8 Å². The van der Waals surface area contributed by atoms with Crippen molar-refractivity contribution in [2.45, 2.75) is 118 Å². The third kappa shape index (κ3) is 14.7. The number of carbonyl (C=O) groups is 5. The lowest BCUT2D eigenvalue weighted by Gasteiger charge is -2.35. The van der Waals surface area contributed by atoms with E-state index in [1.807, 2.05) is 65.1 Å². The van der Waals surface area contributed by atoms with Crippen molar-refractivity contribution in [2.24, 2.45) is 17.8 Å². The van der Waals surface area contributed by atoms with Gasteiger partial charge in [-0.1, -0.05) is 71.4 Å². The Morgan fingerprint density at radius 2 is 1.63 bits per heavy atom. The largest absolute Gasteiger partial charge is 0.466 e. The number of benzene rings is 1. The summed E-state index contributed by atoms with van der Waals surface area (Å²) in [7, 11) is 3.61. The molecule has 1 aromatic carbocycles. The van der Waals surface area contributed by atoms with Gasteiger partial charge in [0.2, 0.25) is 11.8 Å². The van der Waals surface area contributed by atoms with Gasteiger partial charge >= 0.3 is 11.9 Å². The summed E-state index contributed by atoms with van der Waals surface area (Å²) in [6.07, 6.45) is 3.36. The van der Waals surface area contributed by atoms with E-state index in [2.05, 4.69) is 20.9 Å².